The first kappa shape index (κ1) is 15.1. The molecule has 4 heterocycles. The van der Waals surface area contributed by atoms with Gasteiger partial charge in [-0.25, -0.2) is 9.78 Å². The molecule has 0 spiro atoms. The average Bonchev–Trinajstić information content (AvgIpc) is 3.24. The molecule has 0 aliphatic carbocycles. The summed E-state index contributed by atoms with van der Waals surface area (Å²) in [7, 11) is 0. The molecule has 3 N–H and O–H groups in total. The molecular weight excluding hydrogens is 314 g/mol. The van der Waals surface area contributed by atoms with Gasteiger partial charge in [-0.3, -0.25) is 4.98 Å². The third kappa shape index (κ3) is 2.73. The number of carbonyl (C=O) groups excluding carboxylic acids is 1. The lowest BCUT2D eigenvalue weighted by molar-refractivity contribution is -0.163. The lowest BCUT2D eigenvalue weighted by Crippen LogP contribution is -2.59. The van der Waals surface area contributed by atoms with Crippen molar-refractivity contribution in [3.05, 3.63) is 43.2 Å². The van der Waals surface area contributed by atoms with Crippen molar-refractivity contribution in [1.82, 2.24) is 19.9 Å². The van der Waals surface area contributed by atoms with Crippen molar-refractivity contribution in [2.24, 2.45) is 0 Å². The number of rotatable bonds is 3. The predicted molar refractivity (Wildman–Crippen MR) is 82.1 cm³/mol. The Balaban J connectivity index is 1.48. The first-order valence-corrected chi connectivity index (χ1v) is 7.62. The standard InChI is InChI=1S/C15H17N5O4/c21-13-11(19-15(22)18-9-2-1-3-16-6-9)10-7-23-14(24-10)12(13)20-5-4-17-8-20/h1-6,8,10-14,21H,7H2,(H2,18,19,22). The maximum atomic E-state index is 12.2. The van der Waals surface area contributed by atoms with Gasteiger partial charge in [0.05, 0.1) is 30.9 Å². The Kier molecular flexibility index (Phi) is 3.89. The van der Waals surface area contributed by atoms with E-state index in [0.29, 0.717) is 12.3 Å². The van der Waals surface area contributed by atoms with Gasteiger partial charge in [-0.15, -0.1) is 0 Å². The number of anilines is 1. The minimum Gasteiger partial charge on any atom is -0.388 e. The molecule has 24 heavy (non-hydrogen) atoms. The predicted octanol–water partition coefficient (Wildman–Crippen LogP) is 0.125. The van der Waals surface area contributed by atoms with Gasteiger partial charge < -0.3 is 29.8 Å². The molecule has 2 aromatic rings. The fourth-order valence-electron chi connectivity index (χ4n) is 3.10. The third-order valence-electron chi connectivity index (χ3n) is 4.22. The van der Waals surface area contributed by atoms with Gasteiger partial charge in [-0.05, 0) is 12.1 Å². The van der Waals surface area contributed by atoms with Crippen LogP contribution in [0, 0.1) is 0 Å². The van der Waals surface area contributed by atoms with Crippen molar-refractivity contribution in [1.29, 1.82) is 0 Å². The Hall–Kier alpha value is -2.49. The highest BCUT2D eigenvalue weighted by Crippen LogP contribution is 2.35. The summed E-state index contributed by atoms with van der Waals surface area (Å²) in [5, 5.41) is 16.2. The molecule has 2 aromatic heterocycles. The van der Waals surface area contributed by atoms with E-state index < -0.39 is 36.6 Å². The zero-order chi connectivity index (χ0) is 16.5. The average molecular weight is 331 g/mol. The zero-order valence-corrected chi connectivity index (χ0v) is 12.6. The first-order chi connectivity index (χ1) is 11.7. The van der Waals surface area contributed by atoms with E-state index in [-0.39, 0.29) is 0 Å². The molecule has 2 fully saturated rings. The quantitative estimate of drug-likeness (QED) is 0.737. The Morgan fingerprint density at radius 2 is 2.29 bits per heavy atom. The number of pyridine rings is 1. The maximum absolute atomic E-state index is 12.2. The SMILES string of the molecule is O=C(Nc1cccnc1)NC1C2COC(O2)C(n2ccnc2)C1O. The van der Waals surface area contributed by atoms with Crippen molar-refractivity contribution in [3.8, 4) is 0 Å². The van der Waals surface area contributed by atoms with Crippen LogP contribution in [0.5, 0.6) is 0 Å². The van der Waals surface area contributed by atoms with Gasteiger partial charge in [0.25, 0.3) is 0 Å². The zero-order valence-electron chi connectivity index (χ0n) is 12.6. The summed E-state index contributed by atoms with van der Waals surface area (Å²) >= 11 is 0. The van der Waals surface area contributed by atoms with E-state index in [1.165, 1.54) is 6.20 Å². The molecular formula is C15H17N5O4. The lowest BCUT2D eigenvalue weighted by Gasteiger charge is -2.38. The van der Waals surface area contributed by atoms with Crippen LogP contribution in [0.1, 0.15) is 6.04 Å². The number of imidazole rings is 1. The van der Waals surface area contributed by atoms with Crippen molar-refractivity contribution >= 4 is 11.7 Å². The van der Waals surface area contributed by atoms with Crippen LogP contribution in [0.15, 0.2) is 43.2 Å². The molecule has 2 bridgehead atoms. The number of aromatic nitrogens is 3. The molecule has 2 saturated heterocycles. The van der Waals surface area contributed by atoms with E-state index in [9.17, 15) is 9.90 Å². The topological polar surface area (TPSA) is 111 Å². The van der Waals surface area contributed by atoms with Gasteiger partial charge in [-0.2, -0.15) is 0 Å². The highest BCUT2D eigenvalue weighted by Gasteiger charge is 2.51. The number of fused-ring (bicyclic) bond motifs is 2. The number of nitrogens with zero attached hydrogens (tertiary/aromatic N) is 3. The van der Waals surface area contributed by atoms with Crippen LogP contribution in [-0.4, -0.2) is 56.8 Å². The number of hydrogen-bond acceptors (Lipinski definition) is 6. The molecule has 5 atom stereocenters. The smallest absolute Gasteiger partial charge is 0.319 e. The van der Waals surface area contributed by atoms with E-state index in [1.54, 1.807) is 41.6 Å². The summed E-state index contributed by atoms with van der Waals surface area (Å²) in [6.07, 6.45) is 6.26. The molecule has 0 aromatic carbocycles. The second kappa shape index (κ2) is 6.19. The van der Waals surface area contributed by atoms with Crippen molar-refractivity contribution in [2.75, 3.05) is 11.9 Å². The Morgan fingerprint density at radius 3 is 3.04 bits per heavy atom. The van der Waals surface area contributed by atoms with Crippen molar-refractivity contribution in [3.63, 3.8) is 0 Å². The van der Waals surface area contributed by atoms with Crippen LogP contribution < -0.4 is 10.6 Å². The lowest BCUT2D eigenvalue weighted by atomic mass is 9.96. The molecule has 9 nitrogen and oxygen atoms in total. The summed E-state index contributed by atoms with van der Waals surface area (Å²) in [5.74, 6) is 0. The molecule has 2 aliphatic heterocycles. The minimum atomic E-state index is -0.870. The van der Waals surface area contributed by atoms with Gasteiger partial charge >= 0.3 is 6.03 Å². The van der Waals surface area contributed by atoms with Crippen molar-refractivity contribution in [2.45, 2.75) is 30.6 Å². The van der Waals surface area contributed by atoms with Gasteiger partial charge in [0.2, 0.25) is 0 Å². The Bertz CT molecular complexity index is 695. The number of hydrogen-bond donors (Lipinski definition) is 3. The summed E-state index contributed by atoms with van der Waals surface area (Å²) in [6.45, 7) is 0.310. The van der Waals surface area contributed by atoms with Crippen LogP contribution in [0.2, 0.25) is 0 Å². The molecule has 126 valence electrons. The molecule has 5 unspecified atom stereocenters. The number of carbonyl (C=O) groups is 1. The van der Waals surface area contributed by atoms with E-state index in [0.717, 1.165) is 0 Å². The number of aliphatic hydroxyl groups excluding tert-OH is 1. The largest absolute Gasteiger partial charge is 0.388 e. The minimum absolute atomic E-state index is 0.310. The molecule has 2 aliphatic rings. The number of urea groups is 1. The van der Waals surface area contributed by atoms with E-state index in [4.69, 9.17) is 9.47 Å². The number of amides is 2. The number of nitrogens with one attached hydrogen (secondary N) is 2. The summed E-state index contributed by atoms with van der Waals surface area (Å²) < 4.78 is 13.1. The molecule has 0 saturated carbocycles. The number of aliphatic hydroxyl groups is 1. The summed E-state index contributed by atoms with van der Waals surface area (Å²) in [5.41, 5.74) is 0.563. The van der Waals surface area contributed by atoms with Gasteiger partial charge in [-0.1, -0.05) is 0 Å². The molecule has 0 radical (unpaired) electrons. The highest BCUT2D eigenvalue weighted by atomic mass is 16.7. The second-order valence-electron chi connectivity index (χ2n) is 5.73. The first-order valence-electron chi connectivity index (χ1n) is 7.62. The Morgan fingerprint density at radius 1 is 1.38 bits per heavy atom. The van der Waals surface area contributed by atoms with E-state index >= 15 is 0 Å². The normalized spacial score (nSPS) is 31.6. The molecule has 2 amide bonds. The van der Waals surface area contributed by atoms with Gasteiger partial charge in [0.1, 0.15) is 18.2 Å². The summed E-state index contributed by atoms with van der Waals surface area (Å²) in [6, 6.07) is 1.93. The molecule has 9 heteroatoms. The van der Waals surface area contributed by atoms with Gasteiger partial charge in [0.15, 0.2) is 6.29 Å². The fourth-order valence-corrected chi connectivity index (χ4v) is 3.10. The third-order valence-corrected chi connectivity index (χ3v) is 4.22. The maximum Gasteiger partial charge on any atom is 0.319 e. The highest BCUT2D eigenvalue weighted by molar-refractivity contribution is 5.89. The Labute approximate surface area is 137 Å². The van der Waals surface area contributed by atoms with Crippen molar-refractivity contribution < 1.29 is 19.4 Å². The van der Waals surface area contributed by atoms with Gasteiger partial charge in [0, 0.05) is 18.6 Å². The van der Waals surface area contributed by atoms with Crippen LogP contribution in [0.25, 0.3) is 0 Å². The molecule has 4 rings (SSSR count). The number of ether oxygens (including phenoxy) is 2. The van der Waals surface area contributed by atoms with Crippen LogP contribution in [0.3, 0.4) is 0 Å². The van der Waals surface area contributed by atoms with Crippen LogP contribution >= 0.6 is 0 Å². The van der Waals surface area contributed by atoms with E-state index in [2.05, 4.69) is 20.6 Å². The summed E-state index contributed by atoms with van der Waals surface area (Å²) in [4.78, 5) is 20.1. The fraction of sp³-hybridized carbons (Fsp3) is 0.400. The van der Waals surface area contributed by atoms with Crippen LogP contribution in [-0.2, 0) is 9.47 Å². The van der Waals surface area contributed by atoms with E-state index in [1.807, 2.05) is 0 Å². The second-order valence-corrected chi connectivity index (χ2v) is 5.73. The van der Waals surface area contributed by atoms with Crippen LogP contribution in [0.4, 0.5) is 10.5 Å². The monoisotopic (exact) mass is 331 g/mol.